The standard InChI is InChI=1S/C15H18ClFN2O3/c1-15(2,3)19-7-8(4-13(19)21)14(22)18-11-5-9(16)12(20)6-10(11)17/h5-6,8,20H,4,7H2,1-3H3,(H,18,22). The first-order valence-electron chi connectivity index (χ1n) is 6.89. The van der Waals surface area contributed by atoms with Gasteiger partial charge in [0.25, 0.3) is 0 Å². The van der Waals surface area contributed by atoms with E-state index in [0.29, 0.717) is 6.54 Å². The van der Waals surface area contributed by atoms with E-state index < -0.39 is 23.4 Å². The molecular formula is C15H18ClFN2O3. The molecule has 0 aromatic heterocycles. The largest absolute Gasteiger partial charge is 0.506 e. The van der Waals surface area contributed by atoms with E-state index in [0.717, 1.165) is 12.1 Å². The second-order valence-corrected chi connectivity index (χ2v) is 6.76. The fourth-order valence-electron chi connectivity index (χ4n) is 2.40. The first-order valence-corrected chi connectivity index (χ1v) is 7.26. The number of halogens is 2. The van der Waals surface area contributed by atoms with Crippen LogP contribution < -0.4 is 5.32 Å². The van der Waals surface area contributed by atoms with Crippen molar-refractivity contribution in [3.8, 4) is 5.75 Å². The molecule has 2 N–H and O–H groups in total. The zero-order valence-corrected chi connectivity index (χ0v) is 13.4. The molecule has 22 heavy (non-hydrogen) atoms. The Morgan fingerprint density at radius 3 is 2.64 bits per heavy atom. The van der Waals surface area contributed by atoms with E-state index in [2.05, 4.69) is 5.32 Å². The van der Waals surface area contributed by atoms with E-state index in [1.807, 2.05) is 20.8 Å². The number of phenols is 1. The molecule has 0 saturated carbocycles. The maximum Gasteiger partial charge on any atom is 0.229 e. The molecule has 1 aromatic carbocycles. The number of nitrogens with zero attached hydrogens (tertiary/aromatic N) is 1. The van der Waals surface area contributed by atoms with E-state index in [4.69, 9.17) is 11.6 Å². The summed E-state index contributed by atoms with van der Waals surface area (Å²) in [5, 5.41) is 11.7. The van der Waals surface area contributed by atoms with Crippen LogP contribution in [0.2, 0.25) is 5.02 Å². The van der Waals surface area contributed by atoms with E-state index in [9.17, 15) is 19.1 Å². The van der Waals surface area contributed by atoms with Crippen molar-refractivity contribution in [1.82, 2.24) is 4.90 Å². The number of likely N-dealkylation sites (tertiary alicyclic amines) is 1. The van der Waals surface area contributed by atoms with E-state index >= 15 is 0 Å². The van der Waals surface area contributed by atoms with Gasteiger partial charge in [0.2, 0.25) is 11.8 Å². The number of amides is 2. The second kappa shape index (κ2) is 5.76. The van der Waals surface area contributed by atoms with Gasteiger partial charge in [0.15, 0.2) is 0 Å². The summed E-state index contributed by atoms with van der Waals surface area (Å²) in [4.78, 5) is 25.8. The van der Waals surface area contributed by atoms with Crippen LogP contribution in [-0.4, -0.2) is 33.9 Å². The number of anilines is 1. The van der Waals surface area contributed by atoms with Gasteiger partial charge in [0.1, 0.15) is 11.6 Å². The van der Waals surface area contributed by atoms with Crippen LogP contribution in [0.5, 0.6) is 5.75 Å². The summed E-state index contributed by atoms with van der Waals surface area (Å²) in [5.41, 5.74) is -0.478. The molecule has 0 bridgehead atoms. The Morgan fingerprint density at radius 1 is 1.45 bits per heavy atom. The Bertz CT molecular complexity index is 628. The lowest BCUT2D eigenvalue weighted by atomic mass is 10.1. The van der Waals surface area contributed by atoms with Crippen LogP contribution in [0.15, 0.2) is 12.1 Å². The van der Waals surface area contributed by atoms with Crippen molar-refractivity contribution in [3.05, 3.63) is 23.0 Å². The highest BCUT2D eigenvalue weighted by molar-refractivity contribution is 6.32. The van der Waals surface area contributed by atoms with Gasteiger partial charge < -0.3 is 15.3 Å². The molecule has 1 aromatic rings. The number of hydrogen-bond acceptors (Lipinski definition) is 3. The summed E-state index contributed by atoms with van der Waals surface area (Å²) in [6, 6.07) is 1.97. The van der Waals surface area contributed by atoms with Gasteiger partial charge in [0, 0.05) is 24.6 Å². The van der Waals surface area contributed by atoms with Gasteiger partial charge in [-0.2, -0.15) is 0 Å². The van der Waals surface area contributed by atoms with Crippen LogP contribution >= 0.6 is 11.6 Å². The molecule has 1 atom stereocenters. The third-order valence-corrected chi connectivity index (χ3v) is 3.90. The van der Waals surface area contributed by atoms with Crippen LogP contribution in [0, 0.1) is 11.7 Å². The third kappa shape index (κ3) is 3.32. The molecular weight excluding hydrogens is 311 g/mol. The fourth-order valence-corrected chi connectivity index (χ4v) is 2.56. The zero-order chi connectivity index (χ0) is 16.7. The Balaban J connectivity index is 2.11. The molecule has 1 saturated heterocycles. The number of carbonyl (C=O) groups excluding carboxylic acids is 2. The number of phenolic OH excluding ortho intramolecular Hbond substituents is 1. The smallest absolute Gasteiger partial charge is 0.229 e. The first-order chi connectivity index (χ1) is 10.1. The number of aromatic hydroxyl groups is 1. The van der Waals surface area contributed by atoms with Gasteiger partial charge >= 0.3 is 0 Å². The summed E-state index contributed by atoms with van der Waals surface area (Å²) in [5.74, 6) is -2.27. The average Bonchev–Trinajstić information content (AvgIpc) is 2.78. The van der Waals surface area contributed by atoms with Crippen molar-refractivity contribution in [1.29, 1.82) is 0 Å². The van der Waals surface area contributed by atoms with E-state index in [1.165, 1.54) is 0 Å². The molecule has 0 aliphatic carbocycles. The van der Waals surface area contributed by atoms with Crippen LogP contribution in [0.25, 0.3) is 0 Å². The van der Waals surface area contributed by atoms with Gasteiger partial charge in [-0.3, -0.25) is 9.59 Å². The Labute approximate surface area is 133 Å². The fraction of sp³-hybridized carbons (Fsp3) is 0.467. The minimum atomic E-state index is -0.785. The summed E-state index contributed by atoms with van der Waals surface area (Å²) >= 11 is 5.70. The summed E-state index contributed by atoms with van der Waals surface area (Å²) in [6.45, 7) is 5.97. The number of nitrogens with one attached hydrogen (secondary N) is 1. The van der Waals surface area contributed by atoms with Crippen LogP contribution in [0.3, 0.4) is 0 Å². The summed E-state index contributed by atoms with van der Waals surface area (Å²) in [6.07, 6.45) is 0.0938. The molecule has 1 fully saturated rings. The molecule has 2 amide bonds. The molecule has 120 valence electrons. The number of hydrogen-bond donors (Lipinski definition) is 2. The topological polar surface area (TPSA) is 69.6 Å². The molecule has 0 radical (unpaired) electrons. The summed E-state index contributed by atoms with van der Waals surface area (Å²) in [7, 11) is 0. The second-order valence-electron chi connectivity index (χ2n) is 6.35. The Hall–Kier alpha value is -1.82. The molecule has 7 heteroatoms. The van der Waals surface area contributed by atoms with Crippen molar-refractivity contribution in [2.24, 2.45) is 5.92 Å². The van der Waals surface area contributed by atoms with Crippen LogP contribution in [-0.2, 0) is 9.59 Å². The third-order valence-electron chi connectivity index (χ3n) is 3.60. The monoisotopic (exact) mass is 328 g/mol. The highest BCUT2D eigenvalue weighted by Gasteiger charge is 2.39. The maximum atomic E-state index is 13.7. The zero-order valence-electron chi connectivity index (χ0n) is 12.6. The van der Waals surface area contributed by atoms with Crippen molar-refractivity contribution < 1.29 is 19.1 Å². The van der Waals surface area contributed by atoms with E-state index in [-0.39, 0.29) is 28.6 Å². The predicted molar refractivity (Wildman–Crippen MR) is 81.3 cm³/mol. The van der Waals surface area contributed by atoms with Gasteiger partial charge in [-0.25, -0.2) is 4.39 Å². The minimum Gasteiger partial charge on any atom is -0.506 e. The van der Waals surface area contributed by atoms with Crippen molar-refractivity contribution in [2.75, 3.05) is 11.9 Å². The average molecular weight is 329 g/mol. The van der Waals surface area contributed by atoms with Crippen molar-refractivity contribution in [3.63, 3.8) is 0 Å². The van der Waals surface area contributed by atoms with Crippen molar-refractivity contribution >= 4 is 29.1 Å². The van der Waals surface area contributed by atoms with Crippen LogP contribution in [0.4, 0.5) is 10.1 Å². The van der Waals surface area contributed by atoms with Gasteiger partial charge in [-0.05, 0) is 26.8 Å². The molecule has 1 unspecified atom stereocenters. The van der Waals surface area contributed by atoms with Gasteiger partial charge in [-0.15, -0.1) is 0 Å². The number of benzene rings is 1. The first kappa shape index (κ1) is 16.5. The van der Waals surface area contributed by atoms with Gasteiger partial charge in [0.05, 0.1) is 16.6 Å². The maximum absolute atomic E-state index is 13.7. The van der Waals surface area contributed by atoms with E-state index in [1.54, 1.807) is 4.90 Å². The molecule has 5 nitrogen and oxygen atoms in total. The number of rotatable bonds is 2. The SMILES string of the molecule is CC(C)(C)N1CC(C(=O)Nc2cc(Cl)c(O)cc2F)CC1=O. The Kier molecular flexibility index (Phi) is 4.33. The Morgan fingerprint density at radius 2 is 2.09 bits per heavy atom. The molecule has 0 spiro atoms. The predicted octanol–water partition coefficient (Wildman–Crippen LogP) is 2.77. The highest BCUT2D eigenvalue weighted by atomic mass is 35.5. The minimum absolute atomic E-state index is 0.0597. The van der Waals surface area contributed by atoms with Crippen LogP contribution in [0.1, 0.15) is 27.2 Å². The lowest BCUT2D eigenvalue weighted by molar-refractivity contribution is -0.131. The lowest BCUT2D eigenvalue weighted by Gasteiger charge is -2.31. The molecule has 2 rings (SSSR count). The molecule has 1 aliphatic rings. The molecule has 1 aliphatic heterocycles. The normalized spacial score (nSPS) is 18.7. The summed E-state index contributed by atoms with van der Waals surface area (Å²) < 4.78 is 13.7. The number of carbonyl (C=O) groups is 2. The quantitative estimate of drug-likeness (QED) is 0.820. The lowest BCUT2D eigenvalue weighted by Crippen LogP contribution is -2.42. The van der Waals surface area contributed by atoms with Crippen molar-refractivity contribution in [2.45, 2.75) is 32.7 Å². The molecule has 1 heterocycles. The van der Waals surface area contributed by atoms with Gasteiger partial charge in [-0.1, -0.05) is 11.6 Å². The highest BCUT2D eigenvalue weighted by Crippen LogP contribution is 2.31.